The molecule has 0 amide bonds. The zero-order valence-electron chi connectivity index (χ0n) is 11.1. The first kappa shape index (κ1) is 13.6. The Morgan fingerprint density at radius 3 is 2.85 bits per heavy atom. The molecular weight excluding hydrogens is 288 g/mol. The number of hydrogen-bond donors (Lipinski definition) is 1. The normalized spacial score (nSPS) is 12.7. The molecule has 1 N–H and O–H groups in total. The van der Waals surface area contributed by atoms with Crippen LogP contribution in [0.3, 0.4) is 0 Å². The van der Waals surface area contributed by atoms with Crippen molar-refractivity contribution in [2.45, 2.75) is 19.5 Å². The van der Waals surface area contributed by atoms with Gasteiger partial charge in [0.05, 0.1) is 10.2 Å². The first-order valence-corrected chi connectivity index (χ1v) is 7.75. The molecule has 0 spiro atoms. The molecule has 0 fully saturated rings. The Labute approximate surface area is 127 Å². The molecule has 3 aromatic rings. The van der Waals surface area contributed by atoms with Crippen LogP contribution in [0.4, 0.5) is 0 Å². The number of nitrogens with zero attached hydrogens (tertiary/aromatic N) is 1. The fourth-order valence-electron chi connectivity index (χ4n) is 2.13. The second-order valence-electron chi connectivity index (χ2n) is 4.73. The third kappa shape index (κ3) is 3.01. The molecule has 0 saturated carbocycles. The van der Waals surface area contributed by atoms with Gasteiger partial charge in [-0.05, 0) is 36.8 Å². The Morgan fingerprint density at radius 2 is 2.05 bits per heavy atom. The molecule has 0 aliphatic heterocycles. The lowest BCUT2D eigenvalue weighted by atomic mass is 10.1. The van der Waals surface area contributed by atoms with E-state index in [9.17, 15) is 0 Å². The lowest BCUT2D eigenvalue weighted by molar-refractivity contribution is 0.574. The number of nitrogens with one attached hydrogen (secondary N) is 1. The standard InChI is InChI=1S/C16H15ClN2S/c1-11(12-5-4-6-13(17)9-12)18-10-16-19-14-7-2-3-8-15(14)20-16/h2-9,11,18H,10H2,1H3/t11-/m1/s1. The molecule has 0 unspecified atom stereocenters. The zero-order chi connectivity index (χ0) is 13.9. The van der Waals surface area contributed by atoms with Gasteiger partial charge in [0.1, 0.15) is 5.01 Å². The zero-order valence-corrected chi connectivity index (χ0v) is 12.7. The minimum Gasteiger partial charge on any atom is -0.304 e. The summed E-state index contributed by atoms with van der Waals surface area (Å²) in [5.74, 6) is 0. The highest BCUT2D eigenvalue weighted by atomic mass is 35.5. The summed E-state index contributed by atoms with van der Waals surface area (Å²) in [4.78, 5) is 4.63. The lowest BCUT2D eigenvalue weighted by Crippen LogP contribution is -2.17. The van der Waals surface area contributed by atoms with E-state index in [2.05, 4.69) is 35.4 Å². The van der Waals surface area contributed by atoms with E-state index in [4.69, 9.17) is 11.6 Å². The van der Waals surface area contributed by atoms with Crippen LogP contribution in [0.2, 0.25) is 5.02 Å². The van der Waals surface area contributed by atoms with Crippen molar-refractivity contribution in [1.29, 1.82) is 0 Å². The fourth-order valence-corrected chi connectivity index (χ4v) is 3.25. The molecule has 0 saturated heterocycles. The third-order valence-electron chi connectivity index (χ3n) is 3.25. The van der Waals surface area contributed by atoms with Crippen molar-refractivity contribution in [3.63, 3.8) is 0 Å². The molecule has 1 atom stereocenters. The molecule has 2 nitrogen and oxygen atoms in total. The number of thiazole rings is 1. The summed E-state index contributed by atoms with van der Waals surface area (Å²) in [6, 6.07) is 16.4. The second-order valence-corrected chi connectivity index (χ2v) is 6.28. The van der Waals surface area contributed by atoms with Crippen molar-refractivity contribution in [2.75, 3.05) is 0 Å². The molecule has 1 heterocycles. The van der Waals surface area contributed by atoms with Crippen LogP contribution < -0.4 is 5.32 Å². The predicted molar refractivity (Wildman–Crippen MR) is 86.3 cm³/mol. The molecule has 0 aliphatic carbocycles. The van der Waals surface area contributed by atoms with Crippen molar-refractivity contribution in [2.24, 2.45) is 0 Å². The van der Waals surface area contributed by atoms with E-state index in [-0.39, 0.29) is 6.04 Å². The summed E-state index contributed by atoms with van der Waals surface area (Å²) in [6.45, 7) is 2.91. The Morgan fingerprint density at radius 1 is 1.20 bits per heavy atom. The predicted octanol–water partition coefficient (Wildman–Crippen LogP) is 4.80. The topological polar surface area (TPSA) is 24.9 Å². The molecule has 0 aliphatic rings. The number of rotatable bonds is 4. The molecule has 0 radical (unpaired) electrons. The van der Waals surface area contributed by atoms with Crippen molar-refractivity contribution in [3.8, 4) is 0 Å². The Bertz CT molecular complexity index is 690. The molecular formula is C16H15ClN2S. The van der Waals surface area contributed by atoms with Crippen LogP contribution in [0.1, 0.15) is 23.5 Å². The molecule has 102 valence electrons. The Kier molecular flexibility index (Phi) is 4.01. The average Bonchev–Trinajstić information content (AvgIpc) is 2.87. The highest BCUT2D eigenvalue weighted by Gasteiger charge is 2.07. The summed E-state index contributed by atoms with van der Waals surface area (Å²) in [5, 5.41) is 5.38. The maximum Gasteiger partial charge on any atom is 0.108 e. The van der Waals surface area contributed by atoms with Crippen LogP contribution in [0.25, 0.3) is 10.2 Å². The number of para-hydroxylation sites is 1. The van der Waals surface area contributed by atoms with Gasteiger partial charge in [-0.25, -0.2) is 4.98 Å². The van der Waals surface area contributed by atoms with Gasteiger partial charge in [-0.15, -0.1) is 11.3 Å². The highest BCUT2D eigenvalue weighted by molar-refractivity contribution is 7.18. The minimum absolute atomic E-state index is 0.251. The first-order chi connectivity index (χ1) is 9.72. The van der Waals surface area contributed by atoms with Crippen LogP contribution in [0.15, 0.2) is 48.5 Å². The highest BCUT2D eigenvalue weighted by Crippen LogP contribution is 2.22. The molecule has 1 aromatic heterocycles. The molecule has 4 heteroatoms. The van der Waals surface area contributed by atoms with Crippen LogP contribution in [-0.2, 0) is 6.54 Å². The third-order valence-corrected chi connectivity index (χ3v) is 4.52. The van der Waals surface area contributed by atoms with E-state index < -0.39 is 0 Å². The lowest BCUT2D eigenvalue weighted by Gasteiger charge is -2.13. The SMILES string of the molecule is C[C@@H](NCc1nc2ccccc2s1)c1cccc(Cl)c1. The van der Waals surface area contributed by atoms with E-state index in [1.54, 1.807) is 11.3 Å². The van der Waals surface area contributed by atoms with E-state index in [1.165, 1.54) is 10.3 Å². The van der Waals surface area contributed by atoms with Gasteiger partial charge in [0.2, 0.25) is 0 Å². The van der Waals surface area contributed by atoms with Crippen molar-refractivity contribution >= 4 is 33.2 Å². The van der Waals surface area contributed by atoms with Crippen LogP contribution in [-0.4, -0.2) is 4.98 Å². The average molecular weight is 303 g/mol. The quantitative estimate of drug-likeness (QED) is 0.749. The fraction of sp³-hybridized carbons (Fsp3) is 0.188. The number of halogens is 1. The monoisotopic (exact) mass is 302 g/mol. The number of fused-ring (bicyclic) bond motifs is 1. The maximum absolute atomic E-state index is 6.02. The number of hydrogen-bond acceptors (Lipinski definition) is 3. The Balaban J connectivity index is 1.69. The maximum atomic E-state index is 6.02. The van der Waals surface area contributed by atoms with Gasteiger partial charge in [-0.2, -0.15) is 0 Å². The summed E-state index contributed by atoms with van der Waals surface area (Å²) in [5.41, 5.74) is 2.27. The van der Waals surface area contributed by atoms with Gasteiger partial charge in [0.15, 0.2) is 0 Å². The van der Waals surface area contributed by atoms with Gasteiger partial charge >= 0.3 is 0 Å². The van der Waals surface area contributed by atoms with Crippen molar-refractivity contribution in [3.05, 3.63) is 64.1 Å². The van der Waals surface area contributed by atoms with Crippen molar-refractivity contribution in [1.82, 2.24) is 10.3 Å². The summed E-state index contributed by atoms with van der Waals surface area (Å²) in [6.07, 6.45) is 0. The molecule has 3 rings (SSSR count). The van der Waals surface area contributed by atoms with Gasteiger partial charge in [0.25, 0.3) is 0 Å². The summed E-state index contributed by atoms with van der Waals surface area (Å²) >= 11 is 7.76. The minimum atomic E-state index is 0.251. The van der Waals surface area contributed by atoms with E-state index in [0.717, 1.165) is 22.1 Å². The van der Waals surface area contributed by atoms with Crippen LogP contribution in [0.5, 0.6) is 0 Å². The van der Waals surface area contributed by atoms with Gasteiger partial charge < -0.3 is 5.32 Å². The first-order valence-electron chi connectivity index (χ1n) is 6.55. The Hall–Kier alpha value is -1.42. The number of aromatic nitrogens is 1. The van der Waals surface area contributed by atoms with Gasteiger partial charge in [-0.3, -0.25) is 0 Å². The van der Waals surface area contributed by atoms with E-state index in [0.29, 0.717) is 0 Å². The molecule has 0 bridgehead atoms. The number of benzene rings is 2. The molecule has 2 aromatic carbocycles. The molecule has 20 heavy (non-hydrogen) atoms. The van der Waals surface area contributed by atoms with Gasteiger partial charge in [-0.1, -0.05) is 35.9 Å². The van der Waals surface area contributed by atoms with E-state index in [1.807, 2.05) is 30.3 Å². The largest absolute Gasteiger partial charge is 0.304 e. The van der Waals surface area contributed by atoms with Crippen molar-refractivity contribution < 1.29 is 0 Å². The smallest absolute Gasteiger partial charge is 0.108 e. The summed E-state index contributed by atoms with van der Waals surface area (Å²) in [7, 11) is 0. The van der Waals surface area contributed by atoms with Crippen LogP contribution >= 0.6 is 22.9 Å². The van der Waals surface area contributed by atoms with Crippen LogP contribution in [0, 0.1) is 0 Å². The summed E-state index contributed by atoms with van der Waals surface area (Å²) < 4.78 is 1.24. The van der Waals surface area contributed by atoms with Gasteiger partial charge in [0, 0.05) is 17.6 Å². The second kappa shape index (κ2) is 5.92. The van der Waals surface area contributed by atoms with E-state index >= 15 is 0 Å².